The number of nitrogens with zero attached hydrogens (tertiary/aromatic N) is 2. The normalized spacial score (nSPS) is 10.3. The van der Waals surface area contributed by atoms with Gasteiger partial charge in [-0.2, -0.15) is 0 Å². The second-order valence-corrected chi connectivity index (χ2v) is 4.11. The molecule has 0 saturated carbocycles. The highest BCUT2D eigenvalue weighted by Gasteiger charge is 2.05. The molecule has 0 atom stereocenters. The van der Waals surface area contributed by atoms with E-state index in [2.05, 4.69) is 25.9 Å². The average molecular weight is 264 g/mol. The van der Waals surface area contributed by atoms with Gasteiger partial charge >= 0.3 is 0 Å². The predicted octanol–water partition coefficient (Wildman–Crippen LogP) is 2.80. The summed E-state index contributed by atoms with van der Waals surface area (Å²) in [6.45, 7) is 2.04. The molecular weight excluding hydrogens is 254 g/mol. The molecule has 76 valence electrons. The molecule has 1 aromatic heterocycles. The zero-order valence-corrected chi connectivity index (χ0v) is 9.82. The fourth-order valence-corrected chi connectivity index (χ4v) is 1.69. The highest BCUT2D eigenvalue weighted by atomic mass is 79.9. The zero-order valence-electron chi connectivity index (χ0n) is 8.24. The van der Waals surface area contributed by atoms with E-state index in [0.29, 0.717) is 5.82 Å². The van der Waals surface area contributed by atoms with Crippen molar-refractivity contribution in [2.45, 2.75) is 6.92 Å². The first-order valence-corrected chi connectivity index (χ1v) is 5.31. The number of hydrogen-bond acceptors (Lipinski definition) is 3. The lowest BCUT2D eigenvalue weighted by atomic mass is 10.1. The van der Waals surface area contributed by atoms with E-state index in [-0.39, 0.29) is 0 Å². The van der Waals surface area contributed by atoms with Crippen LogP contribution in [0, 0.1) is 6.92 Å². The lowest BCUT2D eigenvalue weighted by Crippen LogP contribution is -1.96. The molecule has 2 aromatic rings. The molecule has 0 aliphatic heterocycles. The maximum atomic E-state index is 5.75. The van der Waals surface area contributed by atoms with Gasteiger partial charge in [0.25, 0.3) is 0 Å². The Morgan fingerprint density at radius 1 is 1.20 bits per heavy atom. The summed E-state index contributed by atoms with van der Waals surface area (Å²) in [6, 6.07) is 6.00. The van der Waals surface area contributed by atoms with Gasteiger partial charge in [0.2, 0.25) is 0 Å². The first-order chi connectivity index (χ1) is 7.18. The molecule has 0 unspecified atom stereocenters. The monoisotopic (exact) mass is 263 g/mol. The summed E-state index contributed by atoms with van der Waals surface area (Å²) >= 11 is 3.48. The lowest BCUT2D eigenvalue weighted by molar-refractivity contribution is 1.21. The molecule has 1 heterocycles. The molecule has 0 radical (unpaired) electrons. The Morgan fingerprint density at radius 3 is 2.60 bits per heavy atom. The molecule has 0 amide bonds. The van der Waals surface area contributed by atoms with Gasteiger partial charge < -0.3 is 5.73 Å². The van der Waals surface area contributed by atoms with Crippen molar-refractivity contribution in [2.75, 3.05) is 5.73 Å². The first-order valence-electron chi connectivity index (χ1n) is 4.51. The van der Waals surface area contributed by atoms with E-state index in [1.54, 1.807) is 12.4 Å². The van der Waals surface area contributed by atoms with Crippen LogP contribution in [0.2, 0.25) is 0 Å². The molecule has 0 aliphatic rings. The van der Waals surface area contributed by atoms with Gasteiger partial charge in [0.05, 0.1) is 0 Å². The molecule has 3 nitrogen and oxygen atoms in total. The van der Waals surface area contributed by atoms with Gasteiger partial charge in [-0.25, -0.2) is 4.98 Å². The Morgan fingerprint density at radius 2 is 1.93 bits per heavy atom. The summed E-state index contributed by atoms with van der Waals surface area (Å²) in [4.78, 5) is 8.22. The van der Waals surface area contributed by atoms with Gasteiger partial charge in [-0.05, 0) is 18.6 Å². The molecule has 0 saturated heterocycles. The van der Waals surface area contributed by atoms with Crippen LogP contribution in [0.15, 0.2) is 35.1 Å². The van der Waals surface area contributed by atoms with E-state index in [9.17, 15) is 0 Å². The molecule has 4 heteroatoms. The van der Waals surface area contributed by atoms with Gasteiger partial charge in [-0.1, -0.05) is 28.1 Å². The van der Waals surface area contributed by atoms with Crippen molar-refractivity contribution in [1.29, 1.82) is 0 Å². The van der Waals surface area contributed by atoms with E-state index < -0.39 is 0 Å². The molecule has 15 heavy (non-hydrogen) atoms. The summed E-state index contributed by atoms with van der Waals surface area (Å²) in [7, 11) is 0. The zero-order chi connectivity index (χ0) is 10.8. The van der Waals surface area contributed by atoms with Crippen LogP contribution >= 0.6 is 15.9 Å². The van der Waals surface area contributed by atoms with Crippen LogP contribution in [0.3, 0.4) is 0 Å². The summed E-state index contributed by atoms with van der Waals surface area (Å²) in [5, 5.41) is 0. The fourth-order valence-electron chi connectivity index (χ4n) is 1.31. The molecule has 0 aliphatic carbocycles. The Hall–Kier alpha value is -1.42. The van der Waals surface area contributed by atoms with Crippen molar-refractivity contribution in [3.05, 3.63) is 40.6 Å². The van der Waals surface area contributed by atoms with Gasteiger partial charge in [-0.3, -0.25) is 4.98 Å². The number of hydrogen-bond donors (Lipinski definition) is 1. The maximum Gasteiger partial charge on any atom is 0.149 e. The lowest BCUT2D eigenvalue weighted by Gasteiger charge is -2.05. The minimum atomic E-state index is 0.452. The molecule has 1 aromatic carbocycles. The largest absolute Gasteiger partial charge is 0.382 e. The Kier molecular flexibility index (Phi) is 2.68. The number of rotatable bonds is 1. The quantitative estimate of drug-likeness (QED) is 0.861. The highest BCUT2D eigenvalue weighted by molar-refractivity contribution is 9.10. The average Bonchev–Trinajstić information content (AvgIpc) is 2.23. The van der Waals surface area contributed by atoms with Crippen molar-refractivity contribution < 1.29 is 0 Å². The number of anilines is 1. The third-order valence-electron chi connectivity index (χ3n) is 2.17. The van der Waals surface area contributed by atoms with Crippen LogP contribution in [-0.2, 0) is 0 Å². The van der Waals surface area contributed by atoms with E-state index in [4.69, 9.17) is 5.73 Å². The smallest absolute Gasteiger partial charge is 0.149 e. The Labute approximate surface area is 96.5 Å². The van der Waals surface area contributed by atoms with Crippen LogP contribution in [-0.4, -0.2) is 9.97 Å². The second kappa shape index (κ2) is 3.98. The third kappa shape index (κ3) is 1.99. The van der Waals surface area contributed by atoms with Crippen LogP contribution in [0.1, 0.15) is 5.56 Å². The van der Waals surface area contributed by atoms with Crippen molar-refractivity contribution in [3.8, 4) is 11.3 Å². The van der Waals surface area contributed by atoms with E-state index >= 15 is 0 Å². The van der Waals surface area contributed by atoms with Gasteiger partial charge in [0.1, 0.15) is 11.5 Å². The Bertz CT molecular complexity index is 497. The van der Waals surface area contributed by atoms with Crippen molar-refractivity contribution in [3.63, 3.8) is 0 Å². The van der Waals surface area contributed by atoms with Crippen LogP contribution in [0.5, 0.6) is 0 Å². The standard InChI is InChI=1S/C11H10BrN3/c1-7-2-3-8(6-9(7)12)10-11(13)15-5-4-14-10/h2-6H,1H3,(H2,13,15). The molecule has 2 N–H and O–H groups in total. The second-order valence-electron chi connectivity index (χ2n) is 3.25. The topological polar surface area (TPSA) is 51.8 Å². The highest BCUT2D eigenvalue weighted by Crippen LogP contribution is 2.26. The molecular formula is C11H10BrN3. The molecule has 0 fully saturated rings. The van der Waals surface area contributed by atoms with Gasteiger partial charge in [0.15, 0.2) is 0 Å². The SMILES string of the molecule is Cc1ccc(-c2nccnc2N)cc1Br. The number of nitrogens with two attached hydrogens (primary N) is 1. The summed E-state index contributed by atoms with van der Waals surface area (Å²) in [6.07, 6.45) is 3.22. The van der Waals surface area contributed by atoms with Crippen LogP contribution in [0.25, 0.3) is 11.3 Å². The summed E-state index contributed by atoms with van der Waals surface area (Å²) in [5.74, 6) is 0.452. The van der Waals surface area contributed by atoms with E-state index in [0.717, 1.165) is 15.7 Å². The summed E-state index contributed by atoms with van der Waals surface area (Å²) in [5.41, 5.74) is 8.62. The number of aromatic nitrogens is 2. The van der Waals surface area contributed by atoms with Crippen molar-refractivity contribution in [2.24, 2.45) is 0 Å². The van der Waals surface area contributed by atoms with Crippen LogP contribution < -0.4 is 5.73 Å². The number of aryl methyl sites for hydroxylation is 1. The number of halogens is 1. The minimum absolute atomic E-state index is 0.452. The molecule has 2 rings (SSSR count). The van der Waals surface area contributed by atoms with Crippen molar-refractivity contribution in [1.82, 2.24) is 9.97 Å². The maximum absolute atomic E-state index is 5.75. The van der Waals surface area contributed by atoms with Gasteiger partial charge in [0, 0.05) is 22.4 Å². The van der Waals surface area contributed by atoms with Crippen LogP contribution in [0.4, 0.5) is 5.82 Å². The molecule has 0 bridgehead atoms. The first kappa shape index (κ1) is 10.1. The van der Waals surface area contributed by atoms with E-state index in [1.165, 1.54) is 5.56 Å². The number of benzene rings is 1. The molecule has 0 spiro atoms. The third-order valence-corrected chi connectivity index (χ3v) is 3.03. The fraction of sp³-hybridized carbons (Fsp3) is 0.0909. The predicted molar refractivity (Wildman–Crippen MR) is 64.3 cm³/mol. The summed E-state index contributed by atoms with van der Waals surface area (Å²) < 4.78 is 1.05. The van der Waals surface area contributed by atoms with Crippen molar-refractivity contribution >= 4 is 21.7 Å². The number of nitrogen functional groups attached to an aromatic ring is 1. The van der Waals surface area contributed by atoms with E-state index in [1.807, 2.05) is 25.1 Å². The Balaban J connectivity index is 2.55. The minimum Gasteiger partial charge on any atom is -0.382 e. The van der Waals surface area contributed by atoms with Gasteiger partial charge in [-0.15, -0.1) is 0 Å².